The molecule has 1 saturated heterocycles. The number of ether oxygens (including phenoxy) is 1. The minimum atomic E-state index is -3.08. The third-order valence-electron chi connectivity index (χ3n) is 5.33. The third kappa shape index (κ3) is 4.43. The van der Waals surface area contributed by atoms with Crippen LogP contribution in [0.4, 0.5) is 0 Å². The Bertz CT molecular complexity index is 1360. The van der Waals surface area contributed by atoms with Crippen LogP contribution in [0.2, 0.25) is 0 Å². The first-order chi connectivity index (χ1) is 15.3. The van der Waals surface area contributed by atoms with Gasteiger partial charge in [0, 0.05) is 11.6 Å². The highest BCUT2D eigenvalue weighted by atomic mass is 32.2. The molecule has 166 valence electrons. The van der Waals surface area contributed by atoms with E-state index in [4.69, 9.17) is 4.74 Å². The van der Waals surface area contributed by atoms with Crippen molar-refractivity contribution in [3.05, 3.63) is 76.9 Å². The van der Waals surface area contributed by atoms with E-state index < -0.39 is 9.84 Å². The molecule has 4 rings (SSSR count). The van der Waals surface area contributed by atoms with Crippen LogP contribution in [0.5, 0.6) is 5.75 Å². The quantitative estimate of drug-likeness (QED) is 0.573. The summed E-state index contributed by atoms with van der Waals surface area (Å²) in [6, 6.07) is 11.3. The van der Waals surface area contributed by atoms with Crippen LogP contribution in [0.1, 0.15) is 22.6 Å². The van der Waals surface area contributed by atoms with Crippen molar-refractivity contribution in [2.75, 3.05) is 18.1 Å². The summed E-state index contributed by atoms with van der Waals surface area (Å²) in [5.41, 5.74) is 1.28. The van der Waals surface area contributed by atoms with E-state index in [2.05, 4.69) is 16.9 Å². The lowest BCUT2D eigenvalue weighted by atomic mass is 10.1. The number of hydrogen-bond acceptors (Lipinski definition) is 6. The van der Waals surface area contributed by atoms with Gasteiger partial charge in [0.25, 0.3) is 11.5 Å². The fraction of sp³-hybridized carbons (Fsp3) is 0.261. The van der Waals surface area contributed by atoms with Gasteiger partial charge in [-0.2, -0.15) is 0 Å². The summed E-state index contributed by atoms with van der Waals surface area (Å²) in [6.45, 7) is 5.69. The maximum Gasteiger partial charge on any atom is 0.266 e. The van der Waals surface area contributed by atoms with Gasteiger partial charge in [0.15, 0.2) is 9.84 Å². The monoisotopic (exact) mass is 453 g/mol. The van der Waals surface area contributed by atoms with Crippen molar-refractivity contribution in [1.82, 2.24) is 14.9 Å². The van der Waals surface area contributed by atoms with E-state index in [0.29, 0.717) is 46.8 Å². The second kappa shape index (κ2) is 8.58. The molecule has 32 heavy (non-hydrogen) atoms. The Morgan fingerprint density at radius 1 is 1.28 bits per heavy atom. The largest absolute Gasteiger partial charge is 0.490 e. The molecular weight excluding hydrogens is 430 g/mol. The number of nitrogens with one attached hydrogen (secondary N) is 1. The van der Waals surface area contributed by atoms with Crippen molar-refractivity contribution < 1.29 is 17.9 Å². The highest BCUT2D eigenvalue weighted by molar-refractivity contribution is 7.91. The Kier molecular flexibility index (Phi) is 5.84. The Morgan fingerprint density at radius 3 is 2.69 bits per heavy atom. The van der Waals surface area contributed by atoms with E-state index in [0.717, 1.165) is 0 Å². The van der Waals surface area contributed by atoms with E-state index in [1.54, 1.807) is 55.5 Å². The van der Waals surface area contributed by atoms with E-state index >= 15 is 0 Å². The molecule has 2 heterocycles. The van der Waals surface area contributed by atoms with E-state index in [1.807, 2.05) is 0 Å². The second-order valence-corrected chi connectivity index (χ2v) is 9.93. The lowest BCUT2D eigenvalue weighted by Crippen LogP contribution is -2.35. The number of carbonyl (C=O) groups excluding carboxylic acids is 1. The zero-order chi connectivity index (χ0) is 22.9. The lowest BCUT2D eigenvalue weighted by molar-refractivity contribution is 0.0941. The van der Waals surface area contributed by atoms with Crippen molar-refractivity contribution >= 4 is 26.6 Å². The standard InChI is InChI=1S/C23H23N3O5S/c1-3-11-31-19-8-9-21-20(13-19)23(28)26(15(2)24-21)18-6-4-16(5-7-18)22(27)25-17-10-12-32(29,30)14-17/h3-9,13,17H,1,10-12,14H2,2H3,(H,25,27). The molecule has 3 aromatic rings. The van der Waals surface area contributed by atoms with Crippen molar-refractivity contribution in [1.29, 1.82) is 0 Å². The average molecular weight is 454 g/mol. The summed E-state index contributed by atoms with van der Waals surface area (Å²) in [7, 11) is -3.08. The SMILES string of the molecule is C=CCOc1ccc2nc(C)n(-c3ccc(C(=O)NC4CCS(=O)(=O)C4)cc3)c(=O)c2c1. The van der Waals surface area contributed by atoms with Crippen LogP contribution in [0.15, 0.2) is 59.9 Å². The van der Waals surface area contributed by atoms with Gasteiger partial charge in [0.2, 0.25) is 0 Å². The van der Waals surface area contributed by atoms with Crippen molar-refractivity contribution in [3.8, 4) is 11.4 Å². The van der Waals surface area contributed by atoms with Gasteiger partial charge in [-0.1, -0.05) is 12.7 Å². The van der Waals surface area contributed by atoms with Gasteiger partial charge < -0.3 is 10.1 Å². The van der Waals surface area contributed by atoms with Crippen LogP contribution in [0, 0.1) is 6.92 Å². The van der Waals surface area contributed by atoms with Crippen LogP contribution in [0.25, 0.3) is 16.6 Å². The Balaban J connectivity index is 1.61. The number of sulfone groups is 1. The molecule has 1 aromatic heterocycles. The zero-order valence-electron chi connectivity index (χ0n) is 17.6. The minimum Gasteiger partial charge on any atom is -0.490 e. The van der Waals surface area contributed by atoms with Gasteiger partial charge in [-0.05, 0) is 55.8 Å². The molecule has 9 heteroatoms. The average Bonchev–Trinajstić information content (AvgIpc) is 3.11. The molecule has 0 spiro atoms. The van der Waals surface area contributed by atoms with Crippen LogP contribution < -0.4 is 15.6 Å². The second-order valence-electron chi connectivity index (χ2n) is 7.70. The van der Waals surface area contributed by atoms with E-state index in [1.165, 1.54) is 4.57 Å². The number of rotatable bonds is 6. The number of aromatic nitrogens is 2. The summed E-state index contributed by atoms with van der Waals surface area (Å²) in [4.78, 5) is 30.2. The molecule has 0 radical (unpaired) electrons. The van der Waals surface area contributed by atoms with Crippen molar-refractivity contribution in [2.24, 2.45) is 0 Å². The molecule has 1 fully saturated rings. The summed E-state index contributed by atoms with van der Waals surface area (Å²) in [5, 5.41) is 3.18. The smallest absolute Gasteiger partial charge is 0.266 e. The van der Waals surface area contributed by atoms with E-state index in [-0.39, 0.29) is 29.0 Å². The molecule has 0 saturated carbocycles. The molecule has 1 amide bonds. The summed E-state index contributed by atoms with van der Waals surface area (Å²) in [6.07, 6.45) is 2.04. The number of amides is 1. The number of carbonyl (C=O) groups is 1. The first-order valence-corrected chi connectivity index (χ1v) is 12.0. The third-order valence-corrected chi connectivity index (χ3v) is 7.10. The van der Waals surface area contributed by atoms with Crippen molar-refractivity contribution in [2.45, 2.75) is 19.4 Å². The van der Waals surface area contributed by atoms with Gasteiger partial charge in [-0.25, -0.2) is 13.4 Å². The molecule has 1 unspecified atom stereocenters. The van der Waals surface area contributed by atoms with Crippen molar-refractivity contribution in [3.63, 3.8) is 0 Å². The molecular formula is C23H23N3O5S. The number of fused-ring (bicyclic) bond motifs is 1. The van der Waals surface area contributed by atoms with Gasteiger partial charge in [-0.3, -0.25) is 14.2 Å². The first kappa shape index (κ1) is 21.8. The fourth-order valence-electron chi connectivity index (χ4n) is 3.76. The van der Waals surface area contributed by atoms with Crippen LogP contribution in [-0.2, 0) is 9.84 Å². The van der Waals surface area contributed by atoms with Gasteiger partial charge >= 0.3 is 0 Å². The summed E-state index contributed by atoms with van der Waals surface area (Å²) in [5.74, 6) is 0.771. The lowest BCUT2D eigenvalue weighted by Gasteiger charge is -2.13. The number of benzene rings is 2. The number of hydrogen-bond donors (Lipinski definition) is 1. The Morgan fingerprint density at radius 2 is 2.03 bits per heavy atom. The van der Waals surface area contributed by atoms with Crippen LogP contribution >= 0.6 is 0 Å². The molecule has 1 N–H and O–H groups in total. The maximum atomic E-state index is 13.2. The molecule has 2 aromatic carbocycles. The first-order valence-electron chi connectivity index (χ1n) is 10.2. The van der Waals surface area contributed by atoms with E-state index in [9.17, 15) is 18.0 Å². The highest BCUT2D eigenvalue weighted by Gasteiger charge is 2.29. The van der Waals surface area contributed by atoms with Gasteiger partial charge in [0.1, 0.15) is 18.2 Å². The van der Waals surface area contributed by atoms with Gasteiger partial charge in [0.05, 0.1) is 28.1 Å². The summed E-state index contributed by atoms with van der Waals surface area (Å²) >= 11 is 0. The van der Waals surface area contributed by atoms with Crippen LogP contribution in [0.3, 0.4) is 0 Å². The predicted octanol–water partition coefficient (Wildman–Crippen LogP) is 2.18. The topological polar surface area (TPSA) is 107 Å². The molecule has 1 atom stereocenters. The molecule has 1 aliphatic heterocycles. The number of aryl methyl sites for hydroxylation is 1. The van der Waals surface area contributed by atoms with Gasteiger partial charge in [-0.15, -0.1) is 0 Å². The molecule has 8 nitrogen and oxygen atoms in total. The predicted molar refractivity (Wildman–Crippen MR) is 122 cm³/mol. The molecule has 0 aliphatic carbocycles. The molecule has 0 bridgehead atoms. The highest BCUT2D eigenvalue weighted by Crippen LogP contribution is 2.19. The fourth-order valence-corrected chi connectivity index (χ4v) is 5.44. The van der Waals surface area contributed by atoms with Crippen LogP contribution in [-0.4, -0.2) is 48.0 Å². The molecule has 1 aliphatic rings. The Hall–Kier alpha value is -3.46. The minimum absolute atomic E-state index is 0.0350. The zero-order valence-corrected chi connectivity index (χ0v) is 18.4. The maximum absolute atomic E-state index is 13.2. The Labute approximate surface area is 185 Å². The number of nitrogens with zero attached hydrogens (tertiary/aromatic N) is 2. The summed E-state index contributed by atoms with van der Waals surface area (Å²) < 4.78 is 30.2. The normalized spacial score (nSPS) is 17.2.